The number of rotatable bonds is 7. The molecule has 118 valence electrons. The van der Waals surface area contributed by atoms with Gasteiger partial charge in [-0.25, -0.2) is 4.98 Å². The van der Waals surface area contributed by atoms with E-state index in [4.69, 9.17) is 0 Å². The first-order chi connectivity index (χ1) is 10.6. The molecule has 0 amide bonds. The van der Waals surface area contributed by atoms with Crippen molar-refractivity contribution in [1.82, 2.24) is 9.97 Å². The third-order valence-electron chi connectivity index (χ3n) is 3.56. The second-order valence-corrected chi connectivity index (χ2v) is 5.55. The molecule has 4 heteroatoms. The number of nitrogens with zero attached hydrogens (tertiary/aromatic N) is 3. The number of aromatic nitrogens is 2. The van der Waals surface area contributed by atoms with Crippen molar-refractivity contribution in [3.63, 3.8) is 0 Å². The van der Waals surface area contributed by atoms with Crippen LogP contribution in [0, 0.1) is 13.8 Å². The van der Waals surface area contributed by atoms with E-state index in [1.54, 1.807) is 0 Å². The molecular formula is C18H26N4. The maximum Gasteiger partial charge on any atom is 0.224 e. The molecule has 0 aliphatic heterocycles. The largest absolute Gasteiger partial charge is 0.354 e. The molecule has 0 atom stereocenters. The van der Waals surface area contributed by atoms with Crippen LogP contribution in [0.4, 0.5) is 17.5 Å². The van der Waals surface area contributed by atoms with Crippen LogP contribution in [0.5, 0.6) is 0 Å². The SMILES string of the molecule is CCCCNc1nc(C)cc(N(CC)c2cccc(C)c2)n1. The summed E-state index contributed by atoms with van der Waals surface area (Å²) >= 11 is 0. The van der Waals surface area contributed by atoms with Gasteiger partial charge >= 0.3 is 0 Å². The van der Waals surface area contributed by atoms with Gasteiger partial charge in [0.2, 0.25) is 5.95 Å². The molecular weight excluding hydrogens is 272 g/mol. The summed E-state index contributed by atoms with van der Waals surface area (Å²) in [5.41, 5.74) is 3.40. The molecule has 1 aromatic heterocycles. The molecule has 22 heavy (non-hydrogen) atoms. The average molecular weight is 298 g/mol. The summed E-state index contributed by atoms with van der Waals surface area (Å²) in [4.78, 5) is 11.4. The lowest BCUT2D eigenvalue weighted by Crippen LogP contribution is -2.19. The molecule has 1 heterocycles. The summed E-state index contributed by atoms with van der Waals surface area (Å²) in [6.07, 6.45) is 2.29. The van der Waals surface area contributed by atoms with Crippen molar-refractivity contribution in [2.45, 2.75) is 40.5 Å². The Morgan fingerprint density at radius 3 is 2.59 bits per heavy atom. The maximum absolute atomic E-state index is 4.69. The van der Waals surface area contributed by atoms with Crippen molar-refractivity contribution in [1.29, 1.82) is 0 Å². The van der Waals surface area contributed by atoms with Crippen molar-refractivity contribution in [2.24, 2.45) is 0 Å². The van der Waals surface area contributed by atoms with Crippen molar-refractivity contribution >= 4 is 17.5 Å². The lowest BCUT2D eigenvalue weighted by atomic mass is 10.2. The molecule has 0 bridgehead atoms. The fraction of sp³-hybridized carbons (Fsp3) is 0.444. The van der Waals surface area contributed by atoms with Gasteiger partial charge in [0.05, 0.1) is 0 Å². The Morgan fingerprint density at radius 2 is 1.91 bits per heavy atom. The van der Waals surface area contributed by atoms with Crippen LogP contribution >= 0.6 is 0 Å². The van der Waals surface area contributed by atoms with Crippen LogP contribution in [0.2, 0.25) is 0 Å². The molecule has 2 rings (SSSR count). The van der Waals surface area contributed by atoms with Gasteiger partial charge in [0, 0.05) is 30.5 Å². The molecule has 4 nitrogen and oxygen atoms in total. The van der Waals surface area contributed by atoms with E-state index in [1.165, 1.54) is 11.3 Å². The summed E-state index contributed by atoms with van der Waals surface area (Å²) in [6, 6.07) is 10.5. The second-order valence-electron chi connectivity index (χ2n) is 5.55. The molecule has 0 fully saturated rings. The van der Waals surface area contributed by atoms with Crippen molar-refractivity contribution < 1.29 is 0 Å². The minimum absolute atomic E-state index is 0.717. The standard InChI is InChI=1S/C18H26N4/c1-5-7-11-19-18-20-15(4)13-17(21-18)22(6-2)16-10-8-9-14(3)12-16/h8-10,12-13H,5-7,11H2,1-4H3,(H,19,20,21). The van der Waals surface area contributed by atoms with E-state index >= 15 is 0 Å². The second kappa shape index (κ2) is 7.78. The smallest absolute Gasteiger partial charge is 0.224 e. The van der Waals surface area contributed by atoms with E-state index in [9.17, 15) is 0 Å². The van der Waals surface area contributed by atoms with Gasteiger partial charge in [-0.3, -0.25) is 0 Å². The number of hydrogen-bond donors (Lipinski definition) is 1. The monoisotopic (exact) mass is 298 g/mol. The molecule has 1 N–H and O–H groups in total. The van der Waals surface area contributed by atoms with Gasteiger partial charge in [0.25, 0.3) is 0 Å². The predicted octanol–water partition coefficient (Wildman–Crippen LogP) is 4.46. The quantitative estimate of drug-likeness (QED) is 0.766. The van der Waals surface area contributed by atoms with E-state index < -0.39 is 0 Å². The van der Waals surface area contributed by atoms with Gasteiger partial charge in [0.1, 0.15) is 5.82 Å². The first-order valence-corrected chi connectivity index (χ1v) is 8.07. The van der Waals surface area contributed by atoms with Gasteiger partial charge in [-0.1, -0.05) is 25.5 Å². The maximum atomic E-state index is 4.69. The van der Waals surface area contributed by atoms with Crippen molar-refractivity contribution in [2.75, 3.05) is 23.3 Å². The molecule has 0 unspecified atom stereocenters. The van der Waals surface area contributed by atoms with Gasteiger partial charge in [-0.2, -0.15) is 4.98 Å². The Hall–Kier alpha value is -2.10. The number of unbranched alkanes of at least 4 members (excludes halogenated alkanes) is 1. The highest BCUT2D eigenvalue weighted by molar-refractivity contribution is 5.61. The minimum Gasteiger partial charge on any atom is -0.354 e. The highest BCUT2D eigenvalue weighted by atomic mass is 15.2. The van der Waals surface area contributed by atoms with E-state index in [0.717, 1.165) is 43.4 Å². The van der Waals surface area contributed by atoms with E-state index in [-0.39, 0.29) is 0 Å². The Kier molecular flexibility index (Phi) is 5.75. The summed E-state index contributed by atoms with van der Waals surface area (Å²) in [7, 11) is 0. The molecule has 2 aromatic rings. The van der Waals surface area contributed by atoms with Crippen LogP contribution in [0.25, 0.3) is 0 Å². The molecule has 0 aliphatic carbocycles. The zero-order chi connectivity index (χ0) is 15.9. The van der Waals surface area contributed by atoms with Crippen LogP contribution < -0.4 is 10.2 Å². The van der Waals surface area contributed by atoms with Crippen molar-refractivity contribution in [3.8, 4) is 0 Å². The minimum atomic E-state index is 0.717. The lowest BCUT2D eigenvalue weighted by molar-refractivity contribution is 0.824. The third-order valence-corrected chi connectivity index (χ3v) is 3.56. The molecule has 0 saturated heterocycles. The highest BCUT2D eigenvalue weighted by Gasteiger charge is 2.11. The number of nitrogens with one attached hydrogen (secondary N) is 1. The summed E-state index contributed by atoms with van der Waals surface area (Å²) in [5.74, 6) is 1.66. The van der Waals surface area contributed by atoms with E-state index in [2.05, 4.69) is 65.2 Å². The highest BCUT2D eigenvalue weighted by Crippen LogP contribution is 2.25. The summed E-state index contributed by atoms with van der Waals surface area (Å²) < 4.78 is 0. The summed E-state index contributed by atoms with van der Waals surface area (Å²) in [6.45, 7) is 10.2. The Morgan fingerprint density at radius 1 is 1.09 bits per heavy atom. The van der Waals surface area contributed by atoms with Crippen LogP contribution in [0.15, 0.2) is 30.3 Å². The van der Waals surface area contributed by atoms with Crippen LogP contribution in [-0.4, -0.2) is 23.1 Å². The van der Waals surface area contributed by atoms with Crippen LogP contribution in [-0.2, 0) is 0 Å². The van der Waals surface area contributed by atoms with Crippen LogP contribution in [0.1, 0.15) is 37.9 Å². The lowest BCUT2D eigenvalue weighted by Gasteiger charge is -2.23. The van der Waals surface area contributed by atoms with Crippen molar-refractivity contribution in [3.05, 3.63) is 41.6 Å². The van der Waals surface area contributed by atoms with Crippen LogP contribution in [0.3, 0.4) is 0 Å². The Bertz CT molecular complexity index is 610. The fourth-order valence-corrected chi connectivity index (χ4v) is 2.42. The Balaban J connectivity index is 2.28. The van der Waals surface area contributed by atoms with E-state index in [1.807, 2.05) is 13.0 Å². The van der Waals surface area contributed by atoms with Gasteiger partial charge < -0.3 is 10.2 Å². The normalized spacial score (nSPS) is 10.5. The fourth-order valence-electron chi connectivity index (χ4n) is 2.42. The summed E-state index contributed by atoms with van der Waals surface area (Å²) in [5, 5.41) is 3.32. The first-order valence-electron chi connectivity index (χ1n) is 8.07. The zero-order valence-electron chi connectivity index (χ0n) is 14.1. The first kappa shape index (κ1) is 16.3. The molecule has 0 aliphatic rings. The van der Waals surface area contributed by atoms with Gasteiger partial charge in [0.15, 0.2) is 0 Å². The predicted molar refractivity (Wildman–Crippen MR) is 94.0 cm³/mol. The molecule has 1 aromatic carbocycles. The van der Waals surface area contributed by atoms with E-state index in [0.29, 0.717) is 0 Å². The molecule has 0 saturated carbocycles. The number of anilines is 3. The third kappa shape index (κ3) is 4.20. The zero-order valence-corrected chi connectivity index (χ0v) is 14.1. The topological polar surface area (TPSA) is 41.1 Å². The number of benzene rings is 1. The molecule has 0 spiro atoms. The average Bonchev–Trinajstić information content (AvgIpc) is 2.48. The number of hydrogen-bond acceptors (Lipinski definition) is 4. The number of aryl methyl sites for hydroxylation is 2. The van der Waals surface area contributed by atoms with Gasteiger partial charge in [-0.05, 0) is 44.9 Å². The Labute approximate surface area is 133 Å². The van der Waals surface area contributed by atoms with Gasteiger partial charge in [-0.15, -0.1) is 0 Å². The molecule has 0 radical (unpaired) electrons.